The van der Waals surface area contributed by atoms with Gasteiger partial charge in [0, 0.05) is 12.6 Å². The molecule has 0 aliphatic heterocycles. The van der Waals surface area contributed by atoms with E-state index in [2.05, 4.69) is 4.99 Å². The maximum atomic E-state index is 9.21. The van der Waals surface area contributed by atoms with Crippen molar-refractivity contribution in [2.24, 2.45) is 10.7 Å². The summed E-state index contributed by atoms with van der Waals surface area (Å²) in [5.41, 5.74) is 11.9. The highest BCUT2D eigenvalue weighted by molar-refractivity contribution is 6.02. The minimum absolute atomic E-state index is 0.0269. The molecule has 0 atom stereocenters. The summed E-state index contributed by atoms with van der Waals surface area (Å²) in [5, 5.41) is 9.21. The molecule has 0 heterocycles. The van der Waals surface area contributed by atoms with Crippen LogP contribution in [0.15, 0.2) is 23.2 Å². The molecular formula is C8H11N3O. The van der Waals surface area contributed by atoms with Gasteiger partial charge in [-0.1, -0.05) is 6.07 Å². The first-order valence-electron chi connectivity index (χ1n) is 3.47. The zero-order chi connectivity index (χ0) is 9.14. The lowest BCUT2D eigenvalue weighted by Crippen LogP contribution is -2.14. The van der Waals surface area contributed by atoms with Gasteiger partial charge in [-0.3, -0.25) is 4.99 Å². The average molecular weight is 165 g/mol. The molecule has 0 radical (unpaired) electrons. The van der Waals surface area contributed by atoms with Crippen molar-refractivity contribution in [1.82, 2.24) is 0 Å². The molecule has 0 bridgehead atoms. The van der Waals surface area contributed by atoms with E-state index in [1.165, 1.54) is 6.07 Å². The Morgan fingerprint density at radius 2 is 2.17 bits per heavy atom. The maximum absolute atomic E-state index is 9.21. The van der Waals surface area contributed by atoms with Gasteiger partial charge in [0.15, 0.2) is 0 Å². The number of anilines is 1. The summed E-state index contributed by atoms with van der Waals surface area (Å²) in [6.07, 6.45) is 0. The fraction of sp³-hybridized carbons (Fsp3) is 0.125. The van der Waals surface area contributed by atoms with Crippen LogP contribution in [-0.4, -0.2) is 18.0 Å². The summed E-state index contributed by atoms with van der Waals surface area (Å²) < 4.78 is 0. The van der Waals surface area contributed by atoms with E-state index in [1.54, 1.807) is 19.2 Å². The molecule has 4 heteroatoms. The van der Waals surface area contributed by atoms with Crippen LogP contribution in [0.25, 0.3) is 0 Å². The molecule has 0 unspecified atom stereocenters. The van der Waals surface area contributed by atoms with Gasteiger partial charge in [0.25, 0.3) is 0 Å². The van der Waals surface area contributed by atoms with Crippen molar-refractivity contribution in [3.63, 3.8) is 0 Å². The van der Waals surface area contributed by atoms with Gasteiger partial charge in [0.1, 0.15) is 11.6 Å². The van der Waals surface area contributed by atoms with E-state index in [1.807, 2.05) is 0 Å². The third kappa shape index (κ3) is 1.32. The van der Waals surface area contributed by atoms with E-state index >= 15 is 0 Å². The number of aromatic hydroxyl groups is 1. The Kier molecular flexibility index (Phi) is 2.19. The molecule has 0 spiro atoms. The monoisotopic (exact) mass is 165 g/mol. The summed E-state index contributed by atoms with van der Waals surface area (Å²) in [4.78, 5) is 3.76. The summed E-state index contributed by atoms with van der Waals surface area (Å²) in [7, 11) is 1.57. The third-order valence-corrected chi connectivity index (χ3v) is 1.60. The van der Waals surface area contributed by atoms with Gasteiger partial charge in [0.2, 0.25) is 0 Å². The van der Waals surface area contributed by atoms with E-state index in [9.17, 15) is 5.11 Å². The second-order valence-electron chi connectivity index (χ2n) is 2.35. The van der Waals surface area contributed by atoms with Gasteiger partial charge < -0.3 is 16.6 Å². The van der Waals surface area contributed by atoms with Crippen molar-refractivity contribution in [1.29, 1.82) is 0 Å². The van der Waals surface area contributed by atoms with Crippen LogP contribution in [0.5, 0.6) is 5.75 Å². The smallest absolute Gasteiger partial charge is 0.139 e. The zero-order valence-corrected chi connectivity index (χ0v) is 6.78. The van der Waals surface area contributed by atoms with Gasteiger partial charge in [-0.2, -0.15) is 0 Å². The standard InChI is InChI=1S/C8H11N3O/c1-11-8(10)5-3-2-4-6(12)7(5)9/h2-4,12H,9H2,1H3,(H2,10,11). The van der Waals surface area contributed by atoms with Gasteiger partial charge in [-0.25, -0.2) is 0 Å². The summed E-state index contributed by atoms with van der Waals surface area (Å²) in [6, 6.07) is 4.87. The second-order valence-corrected chi connectivity index (χ2v) is 2.35. The number of amidine groups is 1. The number of nitrogens with zero attached hydrogens (tertiary/aromatic N) is 1. The molecule has 1 rings (SSSR count). The van der Waals surface area contributed by atoms with Crippen LogP contribution in [0.2, 0.25) is 0 Å². The maximum Gasteiger partial charge on any atom is 0.139 e. The molecule has 0 aliphatic carbocycles. The molecule has 64 valence electrons. The van der Waals surface area contributed by atoms with Crippen molar-refractivity contribution in [2.45, 2.75) is 0 Å². The number of nitrogens with two attached hydrogens (primary N) is 2. The molecule has 1 aromatic rings. The Balaban J connectivity index is 3.26. The number of rotatable bonds is 1. The van der Waals surface area contributed by atoms with Crippen molar-refractivity contribution >= 4 is 11.5 Å². The van der Waals surface area contributed by atoms with Gasteiger partial charge in [-0.15, -0.1) is 0 Å². The van der Waals surface area contributed by atoms with Crippen molar-refractivity contribution in [3.05, 3.63) is 23.8 Å². The SMILES string of the molecule is CN=C(N)c1cccc(O)c1N. The predicted octanol–water partition coefficient (Wildman–Crippen LogP) is 0.309. The van der Waals surface area contributed by atoms with Crippen LogP contribution in [-0.2, 0) is 0 Å². The third-order valence-electron chi connectivity index (χ3n) is 1.60. The summed E-state index contributed by atoms with van der Waals surface area (Å²) >= 11 is 0. The first-order chi connectivity index (χ1) is 5.66. The Labute approximate surface area is 70.5 Å². The van der Waals surface area contributed by atoms with E-state index in [-0.39, 0.29) is 11.4 Å². The number of phenols is 1. The van der Waals surface area contributed by atoms with Gasteiger partial charge >= 0.3 is 0 Å². The largest absolute Gasteiger partial charge is 0.506 e. The molecule has 12 heavy (non-hydrogen) atoms. The average Bonchev–Trinajstić information content (AvgIpc) is 2.08. The van der Waals surface area contributed by atoms with Gasteiger partial charge in [0.05, 0.1) is 5.69 Å². The Hall–Kier alpha value is -1.71. The molecule has 4 nitrogen and oxygen atoms in total. The normalized spacial score (nSPS) is 11.6. The molecular weight excluding hydrogens is 154 g/mol. The first kappa shape index (κ1) is 8.39. The minimum Gasteiger partial charge on any atom is -0.506 e. The number of para-hydroxylation sites is 1. The molecule has 0 saturated carbocycles. The topological polar surface area (TPSA) is 84.6 Å². The minimum atomic E-state index is 0.0269. The molecule has 0 aliphatic rings. The summed E-state index contributed by atoms with van der Waals surface area (Å²) in [6.45, 7) is 0. The van der Waals surface area contributed by atoms with E-state index < -0.39 is 0 Å². The predicted molar refractivity (Wildman–Crippen MR) is 49.2 cm³/mol. The number of phenolic OH excluding ortho intramolecular Hbond substituents is 1. The van der Waals surface area contributed by atoms with E-state index in [0.717, 1.165) is 0 Å². The van der Waals surface area contributed by atoms with Crippen molar-refractivity contribution in [3.8, 4) is 5.75 Å². The lowest BCUT2D eigenvalue weighted by Gasteiger charge is -2.05. The van der Waals surface area contributed by atoms with E-state index in [0.29, 0.717) is 11.4 Å². The highest BCUT2D eigenvalue weighted by atomic mass is 16.3. The quantitative estimate of drug-likeness (QED) is 0.242. The summed E-state index contributed by atoms with van der Waals surface area (Å²) in [5.74, 6) is 0.350. The van der Waals surface area contributed by atoms with Crippen LogP contribution < -0.4 is 11.5 Å². The fourth-order valence-corrected chi connectivity index (χ4v) is 0.897. The van der Waals surface area contributed by atoms with Crippen LogP contribution in [0.4, 0.5) is 5.69 Å². The Morgan fingerprint density at radius 3 is 2.75 bits per heavy atom. The number of hydrogen-bond acceptors (Lipinski definition) is 3. The van der Waals surface area contributed by atoms with E-state index in [4.69, 9.17) is 11.5 Å². The number of hydrogen-bond donors (Lipinski definition) is 3. The van der Waals surface area contributed by atoms with Gasteiger partial charge in [-0.05, 0) is 12.1 Å². The molecule has 0 saturated heterocycles. The number of aliphatic imine (C=N–C) groups is 1. The highest BCUT2D eigenvalue weighted by Gasteiger charge is 2.05. The molecule has 5 N–H and O–H groups in total. The Bertz CT molecular complexity index is 320. The number of nitrogen functional groups attached to an aromatic ring is 1. The second kappa shape index (κ2) is 3.13. The highest BCUT2D eigenvalue weighted by Crippen LogP contribution is 2.22. The zero-order valence-electron chi connectivity index (χ0n) is 6.78. The van der Waals surface area contributed by atoms with Crippen LogP contribution in [0.3, 0.4) is 0 Å². The fourth-order valence-electron chi connectivity index (χ4n) is 0.897. The van der Waals surface area contributed by atoms with Crippen LogP contribution >= 0.6 is 0 Å². The molecule has 0 amide bonds. The van der Waals surface area contributed by atoms with Crippen molar-refractivity contribution in [2.75, 3.05) is 12.8 Å². The lowest BCUT2D eigenvalue weighted by molar-refractivity contribution is 0.478. The lowest BCUT2D eigenvalue weighted by atomic mass is 10.1. The molecule has 0 fully saturated rings. The first-order valence-corrected chi connectivity index (χ1v) is 3.47. The molecule has 0 aromatic heterocycles. The molecule has 1 aromatic carbocycles. The van der Waals surface area contributed by atoms with Crippen molar-refractivity contribution < 1.29 is 5.11 Å². The number of benzene rings is 1. The van der Waals surface area contributed by atoms with Crippen LogP contribution in [0, 0.1) is 0 Å². The Morgan fingerprint density at radius 1 is 1.50 bits per heavy atom. The van der Waals surface area contributed by atoms with Crippen LogP contribution in [0.1, 0.15) is 5.56 Å².